The molecule has 0 aliphatic carbocycles. The first kappa shape index (κ1) is 15.5. The maximum Gasteiger partial charge on any atom is 0.273 e. The summed E-state index contributed by atoms with van der Waals surface area (Å²) in [6.45, 7) is 4.13. The van der Waals surface area contributed by atoms with Gasteiger partial charge < -0.3 is 15.2 Å². The Morgan fingerprint density at radius 2 is 1.88 bits per heavy atom. The maximum absolute atomic E-state index is 12.3. The number of piperidine rings is 1. The van der Waals surface area contributed by atoms with E-state index in [9.17, 15) is 4.79 Å². The fourth-order valence-corrected chi connectivity index (χ4v) is 4.40. The Morgan fingerprint density at radius 1 is 1.04 bits per heavy atom. The Kier molecular flexibility index (Phi) is 4.15. The minimum absolute atomic E-state index is 0.000252. The van der Waals surface area contributed by atoms with Gasteiger partial charge in [0.1, 0.15) is 0 Å². The van der Waals surface area contributed by atoms with Gasteiger partial charge in [-0.15, -0.1) is 0 Å². The van der Waals surface area contributed by atoms with Gasteiger partial charge in [0.2, 0.25) is 0 Å². The van der Waals surface area contributed by atoms with E-state index in [0.29, 0.717) is 17.5 Å². The van der Waals surface area contributed by atoms with Crippen molar-refractivity contribution in [1.82, 2.24) is 9.47 Å². The molecule has 2 aromatic rings. The normalized spacial score (nSPS) is 23.0. The number of aromatic nitrogens is 1. The quantitative estimate of drug-likeness (QED) is 0.940. The van der Waals surface area contributed by atoms with E-state index in [2.05, 4.69) is 41.3 Å². The predicted octanol–water partition coefficient (Wildman–Crippen LogP) is 2.48. The van der Waals surface area contributed by atoms with E-state index in [-0.39, 0.29) is 5.56 Å². The summed E-state index contributed by atoms with van der Waals surface area (Å²) in [7, 11) is 0. The largest absolute Gasteiger partial charge is 0.394 e. The molecule has 4 rings (SSSR count). The molecule has 2 aliphatic heterocycles. The van der Waals surface area contributed by atoms with Crippen molar-refractivity contribution in [3.63, 3.8) is 0 Å². The zero-order valence-corrected chi connectivity index (χ0v) is 14.0. The van der Waals surface area contributed by atoms with Crippen molar-refractivity contribution < 1.29 is 0 Å². The molecule has 3 heterocycles. The molecule has 4 heteroatoms. The molecule has 1 aromatic carbocycles. The van der Waals surface area contributed by atoms with Crippen LogP contribution in [0.15, 0.2) is 47.3 Å². The number of benzene rings is 1. The van der Waals surface area contributed by atoms with Crippen molar-refractivity contribution in [2.75, 3.05) is 25.4 Å². The van der Waals surface area contributed by atoms with Gasteiger partial charge in [0, 0.05) is 31.2 Å². The smallest absolute Gasteiger partial charge is 0.273 e. The molecule has 0 radical (unpaired) electrons. The number of likely N-dealkylation sites (tertiary alicyclic amines) is 1. The van der Waals surface area contributed by atoms with E-state index in [1.807, 2.05) is 4.57 Å². The summed E-state index contributed by atoms with van der Waals surface area (Å²) in [6, 6.07) is 14.5. The molecule has 0 spiro atoms. The van der Waals surface area contributed by atoms with Crippen molar-refractivity contribution >= 4 is 5.69 Å². The monoisotopic (exact) mass is 323 g/mol. The second-order valence-electron chi connectivity index (χ2n) is 7.28. The number of nitrogens with zero attached hydrogens (tertiary/aromatic N) is 2. The first-order chi connectivity index (χ1) is 11.7. The highest BCUT2D eigenvalue weighted by Gasteiger charge is 2.34. The molecule has 1 aromatic heterocycles. The Balaban J connectivity index is 1.41. The van der Waals surface area contributed by atoms with Crippen LogP contribution >= 0.6 is 0 Å². The summed E-state index contributed by atoms with van der Waals surface area (Å²) >= 11 is 0. The van der Waals surface area contributed by atoms with Crippen LogP contribution in [-0.2, 0) is 13.0 Å². The summed E-state index contributed by atoms with van der Waals surface area (Å²) in [5.74, 6) is 1.05. The van der Waals surface area contributed by atoms with Gasteiger partial charge in [0.25, 0.3) is 5.56 Å². The van der Waals surface area contributed by atoms with Crippen LogP contribution in [0.4, 0.5) is 5.69 Å². The van der Waals surface area contributed by atoms with E-state index in [4.69, 9.17) is 5.73 Å². The molecule has 126 valence electrons. The van der Waals surface area contributed by atoms with Gasteiger partial charge in [-0.05, 0) is 49.4 Å². The number of aryl methyl sites for hydroxylation is 1. The van der Waals surface area contributed by atoms with Crippen molar-refractivity contribution in [1.29, 1.82) is 0 Å². The number of rotatable bonds is 4. The fourth-order valence-electron chi connectivity index (χ4n) is 4.40. The van der Waals surface area contributed by atoms with Crippen LogP contribution in [0.1, 0.15) is 30.0 Å². The molecule has 2 aliphatic rings. The third-order valence-electron chi connectivity index (χ3n) is 5.49. The summed E-state index contributed by atoms with van der Waals surface area (Å²) in [6.07, 6.45) is 3.54. The van der Waals surface area contributed by atoms with Crippen molar-refractivity contribution in [3.05, 3.63) is 64.1 Å². The van der Waals surface area contributed by atoms with Gasteiger partial charge in [0.05, 0.1) is 5.69 Å². The topological polar surface area (TPSA) is 51.3 Å². The number of hydrogen-bond acceptors (Lipinski definition) is 3. The Hall–Kier alpha value is -2.07. The molecule has 0 amide bonds. The number of hydrogen-bond donors (Lipinski definition) is 1. The van der Waals surface area contributed by atoms with Crippen molar-refractivity contribution in [2.45, 2.75) is 31.7 Å². The average Bonchev–Trinajstić information content (AvgIpc) is 2.59. The second-order valence-corrected chi connectivity index (χ2v) is 7.28. The second kappa shape index (κ2) is 6.44. The first-order valence-electron chi connectivity index (χ1n) is 8.96. The van der Waals surface area contributed by atoms with Crippen LogP contribution in [0.25, 0.3) is 0 Å². The van der Waals surface area contributed by atoms with Crippen LogP contribution in [0.3, 0.4) is 0 Å². The third kappa shape index (κ3) is 2.98. The lowest BCUT2D eigenvalue weighted by atomic mass is 9.83. The molecule has 1 fully saturated rings. The highest BCUT2D eigenvalue weighted by Crippen LogP contribution is 2.35. The molecule has 0 saturated carbocycles. The minimum Gasteiger partial charge on any atom is -0.394 e. The summed E-state index contributed by atoms with van der Waals surface area (Å²) < 4.78 is 1.93. The van der Waals surface area contributed by atoms with Gasteiger partial charge in [-0.2, -0.15) is 0 Å². The molecular formula is C20H25N3O. The molecule has 1 saturated heterocycles. The molecule has 2 N–H and O–H groups in total. The number of pyridine rings is 1. The standard InChI is InChI=1S/C20H25N3O/c21-18-8-9-19-17-11-16(13-23(19)20(18)24)12-22(14-17)10-4-7-15-5-2-1-3-6-15/h1-3,5-6,8-9,16-17H,4,7,10-14,21H2/t16-,17-/m1/s1. The van der Waals surface area contributed by atoms with E-state index in [0.717, 1.165) is 32.6 Å². The summed E-state index contributed by atoms with van der Waals surface area (Å²) in [4.78, 5) is 14.9. The Labute approximate surface area is 142 Å². The number of fused-ring (bicyclic) bond motifs is 4. The van der Waals surface area contributed by atoms with E-state index in [1.165, 1.54) is 24.1 Å². The van der Waals surface area contributed by atoms with Gasteiger partial charge in [-0.3, -0.25) is 4.79 Å². The minimum atomic E-state index is -0.000252. The Bertz CT molecular complexity index is 768. The van der Waals surface area contributed by atoms with Crippen molar-refractivity contribution in [2.24, 2.45) is 5.92 Å². The van der Waals surface area contributed by atoms with Crippen LogP contribution in [-0.4, -0.2) is 29.1 Å². The van der Waals surface area contributed by atoms with Crippen LogP contribution in [0.2, 0.25) is 0 Å². The van der Waals surface area contributed by atoms with E-state index < -0.39 is 0 Å². The molecule has 0 unspecified atom stereocenters. The SMILES string of the molecule is Nc1ccc2n(c1=O)C[C@@H]1C[C@@H]2CN(CCCc2ccccc2)C1. The van der Waals surface area contributed by atoms with Crippen LogP contribution < -0.4 is 11.3 Å². The maximum atomic E-state index is 12.3. The molecular weight excluding hydrogens is 298 g/mol. The summed E-state index contributed by atoms with van der Waals surface area (Å²) in [5, 5.41) is 0. The molecule has 24 heavy (non-hydrogen) atoms. The number of anilines is 1. The number of nitrogens with two attached hydrogens (primary N) is 1. The van der Waals surface area contributed by atoms with Crippen LogP contribution in [0, 0.1) is 5.92 Å². The van der Waals surface area contributed by atoms with Gasteiger partial charge in [0.15, 0.2) is 0 Å². The fraction of sp³-hybridized carbons (Fsp3) is 0.450. The lowest BCUT2D eigenvalue weighted by Crippen LogP contribution is -2.47. The van der Waals surface area contributed by atoms with Gasteiger partial charge in [-0.25, -0.2) is 0 Å². The highest BCUT2D eigenvalue weighted by molar-refractivity contribution is 5.37. The predicted molar refractivity (Wildman–Crippen MR) is 97.2 cm³/mol. The number of nitrogen functional groups attached to an aromatic ring is 1. The first-order valence-corrected chi connectivity index (χ1v) is 8.96. The Morgan fingerprint density at radius 3 is 2.71 bits per heavy atom. The molecule has 2 atom stereocenters. The zero-order chi connectivity index (χ0) is 16.5. The average molecular weight is 323 g/mol. The van der Waals surface area contributed by atoms with Gasteiger partial charge >= 0.3 is 0 Å². The third-order valence-corrected chi connectivity index (χ3v) is 5.49. The van der Waals surface area contributed by atoms with Crippen LogP contribution in [0.5, 0.6) is 0 Å². The lowest BCUT2D eigenvalue weighted by molar-refractivity contribution is 0.119. The highest BCUT2D eigenvalue weighted by atomic mass is 16.1. The van der Waals surface area contributed by atoms with E-state index >= 15 is 0 Å². The van der Waals surface area contributed by atoms with Crippen molar-refractivity contribution in [3.8, 4) is 0 Å². The van der Waals surface area contributed by atoms with E-state index in [1.54, 1.807) is 6.07 Å². The lowest BCUT2D eigenvalue weighted by Gasteiger charge is -2.43. The summed E-state index contributed by atoms with van der Waals surface area (Å²) in [5.41, 5.74) is 8.77. The zero-order valence-electron chi connectivity index (χ0n) is 14.0. The molecule has 2 bridgehead atoms. The van der Waals surface area contributed by atoms with Gasteiger partial charge in [-0.1, -0.05) is 30.3 Å². The molecule has 4 nitrogen and oxygen atoms in total.